The van der Waals surface area contributed by atoms with Crippen molar-refractivity contribution in [2.45, 2.75) is 13.0 Å². The summed E-state index contributed by atoms with van der Waals surface area (Å²) in [7, 11) is 0. The Morgan fingerprint density at radius 2 is 1.87 bits per heavy atom. The number of pyridine rings is 1. The second-order valence-electron chi connectivity index (χ2n) is 4.75. The molecule has 0 aliphatic carbocycles. The van der Waals surface area contributed by atoms with Gasteiger partial charge in [0.25, 0.3) is 5.91 Å². The summed E-state index contributed by atoms with van der Waals surface area (Å²) in [4.78, 5) is 18.5. The van der Waals surface area contributed by atoms with Gasteiger partial charge in [0, 0.05) is 30.0 Å². The topological polar surface area (TPSA) is 59.2 Å². The van der Waals surface area contributed by atoms with Gasteiger partial charge >= 0.3 is 0 Å². The second kappa shape index (κ2) is 11.4. The summed E-state index contributed by atoms with van der Waals surface area (Å²) in [5.41, 5.74) is 7.26. The maximum atomic E-state index is 12.6. The molecule has 4 nitrogen and oxygen atoms in total. The third-order valence-electron chi connectivity index (χ3n) is 3.09. The fourth-order valence-corrected chi connectivity index (χ4v) is 2.41. The Bertz CT molecular complexity index is 599. The number of hydrogen-bond acceptors (Lipinski definition) is 3. The fourth-order valence-electron chi connectivity index (χ4n) is 2.05. The van der Waals surface area contributed by atoms with Gasteiger partial charge in [-0.25, -0.2) is 0 Å². The number of hydrogen-bond donors (Lipinski definition) is 1. The molecule has 0 radical (unpaired) electrons. The highest BCUT2D eigenvalue weighted by Crippen LogP contribution is 2.14. The number of halogens is 3. The van der Waals surface area contributed by atoms with Crippen molar-refractivity contribution in [3.05, 3.63) is 64.4 Å². The molecule has 0 aliphatic heterocycles. The number of amides is 1. The average Bonchev–Trinajstić information content (AvgIpc) is 2.51. The molecule has 1 aromatic heterocycles. The lowest BCUT2D eigenvalue weighted by Gasteiger charge is -2.22. The quantitative estimate of drug-likeness (QED) is 0.775. The van der Waals surface area contributed by atoms with E-state index in [9.17, 15) is 4.79 Å². The Kier molecular flexibility index (Phi) is 10.8. The van der Waals surface area contributed by atoms with E-state index in [0.29, 0.717) is 25.2 Å². The SMILES string of the molecule is Cl.Cl.NCCCN(Cc1ccccc1)C(=O)c1cncc(Br)c1. The molecule has 2 N–H and O–H groups in total. The minimum absolute atomic E-state index is 0. The van der Waals surface area contributed by atoms with Crippen molar-refractivity contribution in [1.29, 1.82) is 0 Å². The van der Waals surface area contributed by atoms with Crippen LogP contribution >= 0.6 is 40.7 Å². The van der Waals surface area contributed by atoms with Gasteiger partial charge in [-0.2, -0.15) is 0 Å². The monoisotopic (exact) mass is 419 g/mol. The van der Waals surface area contributed by atoms with Crippen LogP contribution in [0.4, 0.5) is 0 Å². The minimum atomic E-state index is -0.0268. The zero-order chi connectivity index (χ0) is 15.1. The standard InChI is InChI=1S/C16H18BrN3O.2ClH/c17-15-9-14(10-19-11-15)16(21)20(8-4-7-18)12-13-5-2-1-3-6-13;;/h1-3,5-6,9-11H,4,7-8,12,18H2;2*1H. The van der Waals surface area contributed by atoms with E-state index in [-0.39, 0.29) is 30.7 Å². The number of carbonyl (C=O) groups excluding carboxylic acids is 1. The third kappa shape index (κ3) is 6.87. The van der Waals surface area contributed by atoms with E-state index in [4.69, 9.17) is 5.73 Å². The van der Waals surface area contributed by atoms with Gasteiger partial charge in [0.15, 0.2) is 0 Å². The number of nitrogens with zero attached hydrogens (tertiary/aromatic N) is 2. The Morgan fingerprint density at radius 1 is 1.17 bits per heavy atom. The molecule has 0 fully saturated rings. The molecule has 0 unspecified atom stereocenters. The lowest BCUT2D eigenvalue weighted by atomic mass is 10.1. The Hall–Kier alpha value is -1.14. The van der Waals surface area contributed by atoms with Crippen LogP contribution in [-0.2, 0) is 6.54 Å². The van der Waals surface area contributed by atoms with E-state index >= 15 is 0 Å². The molecule has 2 aromatic rings. The van der Waals surface area contributed by atoms with Gasteiger partial charge < -0.3 is 10.6 Å². The zero-order valence-corrected chi connectivity index (χ0v) is 15.7. The Labute approximate surface area is 157 Å². The van der Waals surface area contributed by atoms with E-state index < -0.39 is 0 Å². The van der Waals surface area contributed by atoms with Gasteiger partial charge in [0.1, 0.15) is 0 Å². The van der Waals surface area contributed by atoms with Crippen LogP contribution in [-0.4, -0.2) is 28.9 Å². The molecule has 0 atom stereocenters. The molecule has 7 heteroatoms. The van der Waals surface area contributed by atoms with Crippen LogP contribution in [0.25, 0.3) is 0 Å². The molecule has 0 bridgehead atoms. The Balaban J connectivity index is 0.00000242. The average molecular weight is 421 g/mol. The maximum Gasteiger partial charge on any atom is 0.255 e. The van der Waals surface area contributed by atoms with Crippen molar-refractivity contribution in [2.75, 3.05) is 13.1 Å². The van der Waals surface area contributed by atoms with Gasteiger partial charge in [-0.3, -0.25) is 9.78 Å². The first-order chi connectivity index (χ1) is 10.2. The van der Waals surface area contributed by atoms with E-state index in [1.807, 2.05) is 35.2 Å². The molecule has 1 heterocycles. The summed E-state index contributed by atoms with van der Waals surface area (Å²) >= 11 is 3.35. The molecule has 0 spiro atoms. The van der Waals surface area contributed by atoms with Crippen molar-refractivity contribution in [1.82, 2.24) is 9.88 Å². The smallest absolute Gasteiger partial charge is 0.255 e. The number of nitrogens with two attached hydrogens (primary N) is 1. The van der Waals surface area contributed by atoms with Crippen molar-refractivity contribution in [3.63, 3.8) is 0 Å². The molecule has 1 amide bonds. The first-order valence-corrected chi connectivity index (χ1v) is 7.64. The molecule has 0 saturated heterocycles. The van der Waals surface area contributed by atoms with E-state index in [0.717, 1.165) is 16.5 Å². The largest absolute Gasteiger partial charge is 0.334 e. The van der Waals surface area contributed by atoms with Gasteiger partial charge in [-0.15, -0.1) is 24.8 Å². The first-order valence-electron chi connectivity index (χ1n) is 6.84. The highest BCUT2D eigenvalue weighted by Gasteiger charge is 2.16. The number of rotatable bonds is 6. The third-order valence-corrected chi connectivity index (χ3v) is 3.52. The van der Waals surface area contributed by atoms with Crippen molar-refractivity contribution in [3.8, 4) is 0 Å². The van der Waals surface area contributed by atoms with Gasteiger partial charge in [-0.1, -0.05) is 30.3 Å². The summed E-state index contributed by atoms with van der Waals surface area (Å²) in [6.45, 7) is 1.78. The molecule has 126 valence electrons. The van der Waals surface area contributed by atoms with Gasteiger partial charge in [-0.05, 0) is 40.5 Å². The summed E-state index contributed by atoms with van der Waals surface area (Å²) in [6, 6.07) is 11.7. The number of benzene rings is 1. The molecule has 0 aliphatic rings. The van der Waals surface area contributed by atoms with Crippen LogP contribution in [0.15, 0.2) is 53.3 Å². The van der Waals surface area contributed by atoms with Gasteiger partial charge in [0.2, 0.25) is 0 Å². The highest BCUT2D eigenvalue weighted by molar-refractivity contribution is 9.10. The summed E-state index contributed by atoms with van der Waals surface area (Å²) in [5.74, 6) is -0.0268. The Morgan fingerprint density at radius 3 is 2.48 bits per heavy atom. The zero-order valence-electron chi connectivity index (χ0n) is 12.5. The van der Waals surface area contributed by atoms with E-state index in [1.54, 1.807) is 18.5 Å². The molecule has 2 rings (SSSR count). The molecule has 23 heavy (non-hydrogen) atoms. The van der Waals surface area contributed by atoms with Crippen LogP contribution in [0.3, 0.4) is 0 Å². The van der Waals surface area contributed by atoms with Crippen molar-refractivity contribution < 1.29 is 4.79 Å². The second-order valence-corrected chi connectivity index (χ2v) is 5.66. The van der Waals surface area contributed by atoms with Gasteiger partial charge in [0.05, 0.1) is 5.56 Å². The number of carbonyl (C=O) groups is 1. The molecule has 0 saturated carbocycles. The van der Waals surface area contributed by atoms with Crippen LogP contribution in [0.1, 0.15) is 22.3 Å². The van der Waals surface area contributed by atoms with E-state index in [1.165, 1.54) is 0 Å². The summed E-state index contributed by atoms with van der Waals surface area (Å²) < 4.78 is 0.798. The lowest BCUT2D eigenvalue weighted by molar-refractivity contribution is 0.0741. The predicted octanol–water partition coefficient (Wildman–Crippen LogP) is 3.68. The summed E-state index contributed by atoms with van der Waals surface area (Å²) in [6.07, 6.45) is 4.03. The maximum absolute atomic E-state index is 12.6. The van der Waals surface area contributed by atoms with Crippen LogP contribution in [0.5, 0.6) is 0 Å². The van der Waals surface area contributed by atoms with E-state index in [2.05, 4.69) is 20.9 Å². The molecular weight excluding hydrogens is 401 g/mol. The van der Waals surface area contributed by atoms with Crippen LogP contribution in [0, 0.1) is 0 Å². The van der Waals surface area contributed by atoms with Crippen molar-refractivity contribution in [2.24, 2.45) is 5.73 Å². The molecule has 1 aromatic carbocycles. The van der Waals surface area contributed by atoms with Crippen molar-refractivity contribution >= 4 is 46.7 Å². The molecular formula is C16H20BrCl2N3O. The summed E-state index contributed by atoms with van der Waals surface area (Å²) in [5, 5.41) is 0. The van der Waals surface area contributed by atoms with Crippen LogP contribution < -0.4 is 5.73 Å². The highest BCUT2D eigenvalue weighted by atomic mass is 79.9. The first kappa shape index (κ1) is 21.9. The number of aromatic nitrogens is 1. The van der Waals surface area contributed by atoms with Crippen LogP contribution in [0.2, 0.25) is 0 Å². The predicted molar refractivity (Wildman–Crippen MR) is 101 cm³/mol. The minimum Gasteiger partial charge on any atom is -0.334 e. The lowest BCUT2D eigenvalue weighted by Crippen LogP contribution is -2.32. The fraction of sp³-hybridized carbons (Fsp3) is 0.250. The normalized spacial score (nSPS) is 9.48.